The molecule has 1 saturated heterocycles. The van der Waals surface area contributed by atoms with Gasteiger partial charge in [0.05, 0.1) is 5.69 Å². The maximum Gasteiger partial charge on any atom is 0.0503 e. The Bertz CT molecular complexity index is 255. The van der Waals surface area contributed by atoms with Gasteiger partial charge in [0.2, 0.25) is 0 Å². The van der Waals surface area contributed by atoms with Gasteiger partial charge >= 0.3 is 0 Å². The molecule has 3 N–H and O–H groups in total. The number of hydrogen-bond acceptors (Lipinski definition) is 3. The minimum Gasteiger partial charge on any atom is -0.397 e. The van der Waals surface area contributed by atoms with Crippen LogP contribution >= 0.6 is 0 Å². The van der Waals surface area contributed by atoms with Crippen molar-refractivity contribution in [3.05, 3.63) is 24.0 Å². The minimum atomic E-state index is 0.492. The predicted octanol–water partition coefficient (Wildman–Crippen LogP) is 0.698. The summed E-state index contributed by atoms with van der Waals surface area (Å²) in [4.78, 5) is 4.02. The number of anilines is 1. The number of nitrogens with two attached hydrogens (primary N) is 1. The van der Waals surface area contributed by atoms with Crippen molar-refractivity contribution in [2.75, 3.05) is 12.3 Å². The highest BCUT2D eigenvalue weighted by atomic mass is 15.0. The van der Waals surface area contributed by atoms with Gasteiger partial charge in [-0.25, -0.2) is 0 Å². The Morgan fingerprint density at radius 1 is 1.55 bits per heavy atom. The van der Waals surface area contributed by atoms with Gasteiger partial charge in [-0.15, -0.1) is 0 Å². The van der Waals surface area contributed by atoms with E-state index < -0.39 is 0 Å². The maximum atomic E-state index is 5.58. The number of nitrogens with one attached hydrogen (secondary N) is 1. The number of aromatic nitrogens is 1. The van der Waals surface area contributed by atoms with Crippen LogP contribution in [0.1, 0.15) is 18.0 Å². The Balaban J connectivity index is 2.23. The lowest BCUT2D eigenvalue weighted by Gasteiger charge is -2.27. The zero-order valence-corrected chi connectivity index (χ0v) is 6.25. The summed E-state index contributed by atoms with van der Waals surface area (Å²) in [6.45, 7) is 1.11. The van der Waals surface area contributed by atoms with Crippen LogP contribution in [0.4, 0.5) is 5.69 Å². The first-order valence-corrected chi connectivity index (χ1v) is 3.80. The van der Waals surface area contributed by atoms with Crippen LogP contribution in [0.15, 0.2) is 18.5 Å². The lowest BCUT2D eigenvalue weighted by atomic mass is 10.00. The standard InChI is InChI=1S/C8H11N3/c9-7-3-6(4-10-5-7)8-1-2-11-8/h3-5,8,11H,1-2,9H2/t8-/m1/s1. The molecule has 1 aromatic heterocycles. The molecule has 1 aliphatic heterocycles. The first-order chi connectivity index (χ1) is 5.36. The molecule has 11 heavy (non-hydrogen) atoms. The second-order valence-electron chi connectivity index (χ2n) is 2.85. The smallest absolute Gasteiger partial charge is 0.0503 e. The zero-order valence-electron chi connectivity index (χ0n) is 6.25. The normalized spacial score (nSPS) is 22.7. The van der Waals surface area contributed by atoms with E-state index in [0.717, 1.165) is 12.2 Å². The molecule has 1 fully saturated rings. The van der Waals surface area contributed by atoms with E-state index in [9.17, 15) is 0 Å². The third-order valence-electron chi connectivity index (χ3n) is 2.01. The summed E-state index contributed by atoms with van der Waals surface area (Å²) in [5.74, 6) is 0. The second-order valence-corrected chi connectivity index (χ2v) is 2.85. The average Bonchev–Trinajstić information content (AvgIpc) is 1.83. The van der Waals surface area contributed by atoms with E-state index in [2.05, 4.69) is 10.3 Å². The summed E-state index contributed by atoms with van der Waals surface area (Å²) in [5, 5.41) is 3.29. The molecule has 0 spiro atoms. The highest BCUT2D eigenvalue weighted by Gasteiger charge is 2.18. The SMILES string of the molecule is Nc1cncc([C@H]2CCN2)c1. The van der Waals surface area contributed by atoms with Crippen LogP contribution in [0.5, 0.6) is 0 Å². The minimum absolute atomic E-state index is 0.492. The van der Waals surface area contributed by atoms with E-state index in [0.29, 0.717) is 6.04 Å². The summed E-state index contributed by atoms with van der Waals surface area (Å²) in [6, 6.07) is 2.47. The van der Waals surface area contributed by atoms with Crippen LogP contribution in [-0.2, 0) is 0 Å². The number of nitrogens with zero attached hydrogens (tertiary/aromatic N) is 1. The van der Waals surface area contributed by atoms with Crippen molar-refractivity contribution in [2.24, 2.45) is 0 Å². The van der Waals surface area contributed by atoms with Crippen LogP contribution in [0.3, 0.4) is 0 Å². The Kier molecular flexibility index (Phi) is 1.51. The fourth-order valence-corrected chi connectivity index (χ4v) is 1.24. The fourth-order valence-electron chi connectivity index (χ4n) is 1.24. The Labute approximate surface area is 65.6 Å². The number of rotatable bonds is 1. The average molecular weight is 149 g/mol. The summed E-state index contributed by atoms with van der Waals surface area (Å²) in [5.41, 5.74) is 7.54. The first kappa shape index (κ1) is 6.61. The van der Waals surface area contributed by atoms with Gasteiger partial charge in [-0.3, -0.25) is 4.98 Å². The summed E-state index contributed by atoms with van der Waals surface area (Å²) < 4.78 is 0. The molecule has 0 radical (unpaired) electrons. The van der Waals surface area contributed by atoms with Gasteiger partial charge < -0.3 is 11.1 Å². The van der Waals surface area contributed by atoms with Gasteiger partial charge in [-0.05, 0) is 24.6 Å². The fraction of sp³-hybridized carbons (Fsp3) is 0.375. The van der Waals surface area contributed by atoms with Crippen molar-refractivity contribution in [2.45, 2.75) is 12.5 Å². The molecule has 2 rings (SSSR count). The lowest BCUT2D eigenvalue weighted by Crippen LogP contribution is -2.34. The molecule has 0 saturated carbocycles. The molecule has 0 amide bonds. The van der Waals surface area contributed by atoms with E-state index in [1.807, 2.05) is 12.3 Å². The van der Waals surface area contributed by atoms with Crippen LogP contribution in [0.25, 0.3) is 0 Å². The van der Waals surface area contributed by atoms with Gasteiger partial charge in [0.1, 0.15) is 0 Å². The van der Waals surface area contributed by atoms with Gasteiger partial charge in [0, 0.05) is 18.4 Å². The summed E-state index contributed by atoms with van der Waals surface area (Å²) >= 11 is 0. The lowest BCUT2D eigenvalue weighted by molar-refractivity contribution is 0.382. The summed E-state index contributed by atoms with van der Waals surface area (Å²) in [6.07, 6.45) is 4.74. The summed E-state index contributed by atoms with van der Waals surface area (Å²) in [7, 11) is 0. The highest BCUT2D eigenvalue weighted by Crippen LogP contribution is 2.22. The molecule has 0 aliphatic carbocycles. The van der Waals surface area contributed by atoms with Gasteiger partial charge in [0.25, 0.3) is 0 Å². The monoisotopic (exact) mass is 149 g/mol. The second kappa shape index (κ2) is 2.51. The van der Waals surface area contributed by atoms with Crippen molar-refractivity contribution in [3.8, 4) is 0 Å². The number of hydrogen-bond donors (Lipinski definition) is 2. The molecule has 0 aromatic carbocycles. The van der Waals surface area contributed by atoms with Crippen molar-refractivity contribution >= 4 is 5.69 Å². The van der Waals surface area contributed by atoms with Gasteiger partial charge in [0.15, 0.2) is 0 Å². The van der Waals surface area contributed by atoms with Crippen LogP contribution in [-0.4, -0.2) is 11.5 Å². The Morgan fingerprint density at radius 3 is 2.91 bits per heavy atom. The van der Waals surface area contributed by atoms with E-state index in [-0.39, 0.29) is 0 Å². The van der Waals surface area contributed by atoms with Crippen LogP contribution < -0.4 is 11.1 Å². The molecule has 2 heterocycles. The van der Waals surface area contributed by atoms with Crippen molar-refractivity contribution in [1.82, 2.24) is 10.3 Å². The molecule has 1 aromatic rings. The van der Waals surface area contributed by atoms with Crippen molar-refractivity contribution < 1.29 is 0 Å². The van der Waals surface area contributed by atoms with E-state index in [4.69, 9.17) is 5.73 Å². The van der Waals surface area contributed by atoms with Crippen molar-refractivity contribution in [3.63, 3.8) is 0 Å². The molecular formula is C8H11N3. The zero-order chi connectivity index (χ0) is 7.68. The molecule has 3 nitrogen and oxygen atoms in total. The third-order valence-corrected chi connectivity index (χ3v) is 2.01. The Hall–Kier alpha value is -1.09. The molecule has 1 atom stereocenters. The van der Waals surface area contributed by atoms with E-state index in [1.165, 1.54) is 12.0 Å². The molecule has 0 unspecified atom stereocenters. The Morgan fingerprint density at radius 2 is 2.36 bits per heavy atom. The van der Waals surface area contributed by atoms with Crippen molar-refractivity contribution in [1.29, 1.82) is 0 Å². The molecule has 0 bridgehead atoms. The highest BCUT2D eigenvalue weighted by molar-refractivity contribution is 5.38. The van der Waals surface area contributed by atoms with E-state index in [1.54, 1.807) is 6.20 Å². The first-order valence-electron chi connectivity index (χ1n) is 3.80. The quantitative estimate of drug-likeness (QED) is 0.618. The third kappa shape index (κ3) is 1.19. The van der Waals surface area contributed by atoms with E-state index >= 15 is 0 Å². The molecular weight excluding hydrogens is 138 g/mol. The molecule has 1 aliphatic rings. The maximum absolute atomic E-state index is 5.58. The van der Waals surface area contributed by atoms with Crippen LogP contribution in [0, 0.1) is 0 Å². The molecule has 3 heteroatoms. The number of nitrogen functional groups attached to an aromatic ring is 1. The topological polar surface area (TPSA) is 50.9 Å². The predicted molar refractivity (Wildman–Crippen MR) is 44.0 cm³/mol. The van der Waals surface area contributed by atoms with Gasteiger partial charge in [-0.1, -0.05) is 0 Å². The molecule has 58 valence electrons. The van der Waals surface area contributed by atoms with Crippen LogP contribution in [0.2, 0.25) is 0 Å². The number of pyridine rings is 1. The largest absolute Gasteiger partial charge is 0.397 e. The van der Waals surface area contributed by atoms with Gasteiger partial charge in [-0.2, -0.15) is 0 Å².